The van der Waals surface area contributed by atoms with Crippen molar-refractivity contribution in [1.82, 2.24) is 5.32 Å². The van der Waals surface area contributed by atoms with Gasteiger partial charge in [0.05, 0.1) is 6.10 Å². The Kier molecular flexibility index (Phi) is 4.17. The zero-order valence-corrected chi connectivity index (χ0v) is 10.2. The lowest BCUT2D eigenvalue weighted by Gasteiger charge is -2.31. The minimum absolute atomic E-state index is 0.110. The summed E-state index contributed by atoms with van der Waals surface area (Å²) in [6.07, 6.45) is 1.66. The van der Waals surface area contributed by atoms with Gasteiger partial charge in [-0.3, -0.25) is 0 Å². The van der Waals surface area contributed by atoms with E-state index in [-0.39, 0.29) is 11.9 Å². The Morgan fingerprint density at radius 2 is 2.11 bits per heavy atom. The first-order valence-corrected chi connectivity index (χ1v) is 6.15. The largest absolute Gasteiger partial charge is 0.409 e. The van der Waals surface area contributed by atoms with Crippen LogP contribution in [-0.4, -0.2) is 28.8 Å². The molecule has 1 fully saturated rings. The third kappa shape index (κ3) is 3.00. The summed E-state index contributed by atoms with van der Waals surface area (Å²) in [4.78, 5) is 0. The number of oxime groups is 1. The fraction of sp³-hybridized carbons (Fsp3) is 0.462. The monoisotopic (exact) mass is 249 g/mol. The average Bonchev–Trinajstić information content (AvgIpc) is 2.36. The summed E-state index contributed by atoms with van der Waals surface area (Å²) in [6, 6.07) is 7.58. The van der Waals surface area contributed by atoms with Crippen molar-refractivity contribution in [3.05, 3.63) is 35.4 Å². The van der Waals surface area contributed by atoms with E-state index in [0.29, 0.717) is 12.5 Å². The second kappa shape index (κ2) is 5.84. The molecule has 0 spiro atoms. The molecular weight excluding hydrogens is 230 g/mol. The first kappa shape index (κ1) is 12.9. The standard InChI is InChI=1S/C13H19N3O2/c14-13(16-18)12-4-2-1-3-10(12)8-15-7-9-5-11(17)6-9/h1-4,9,11,15,17-18H,5-8H2,(H2,14,16). The molecule has 0 unspecified atom stereocenters. The Hall–Kier alpha value is -1.59. The number of hydrogen-bond donors (Lipinski definition) is 4. The van der Waals surface area contributed by atoms with Gasteiger partial charge in [0.15, 0.2) is 5.84 Å². The minimum atomic E-state index is -0.110. The summed E-state index contributed by atoms with van der Waals surface area (Å²) < 4.78 is 0. The van der Waals surface area contributed by atoms with Crippen LogP contribution < -0.4 is 11.1 Å². The van der Waals surface area contributed by atoms with Crippen LogP contribution in [0.25, 0.3) is 0 Å². The van der Waals surface area contributed by atoms with Crippen molar-refractivity contribution < 1.29 is 10.3 Å². The molecular formula is C13H19N3O2. The Balaban J connectivity index is 1.88. The third-order valence-electron chi connectivity index (χ3n) is 3.36. The van der Waals surface area contributed by atoms with Gasteiger partial charge in [0, 0.05) is 12.1 Å². The molecule has 18 heavy (non-hydrogen) atoms. The van der Waals surface area contributed by atoms with Gasteiger partial charge in [0.2, 0.25) is 0 Å². The number of nitrogens with one attached hydrogen (secondary N) is 1. The lowest BCUT2D eigenvalue weighted by molar-refractivity contribution is 0.0430. The molecule has 1 aliphatic carbocycles. The molecule has 5 N–H and O–H groups in total. The highest BCUT2D eigenvalue weighted by Crippen LogP contribution is 2.26. The first-order chi connectivity index (χ1) is 8.70. The fourth-order valence-electron chi connectivity index (χ4n) is 2.26. The van der Waals surface area contributed by atoms with E-state index in [1.54, 1.807) is 0 Å². The van der Waals surface area contributed by atoms with E-state index >= 15 is 0 Å². The van der Waals surface area contributed by atoms with E-state index < -0.39 is 0 Å². The van der Waals surface area contributed by atoms with E-state index in [0.717, 1.165) is 30.5 Å². The summed E-state index contributed by atoms with van der Waals surface area (Å²) in [6.45, 7) is 1.57. The van der Waals surface area contributed by atoms with Crippen LogP contribution in [0, 0.1) is 5.92 Å². The number of rotatable bonds is 5. The van der Waals surface area contributed by atoms with Crippen LogP contribution in [0.3, 0.4) is 0 Å². The molecule has 98 valence electrons. The Labute approximate surface area is 106 Å². The van der Waals surface area contributed by atoms with Crippen molar-refractivity contribution >= 4 is 5.84 Å². The van der Waals surface area contributed by atoms with E-state index in [1.807, 2.05) is 24.3 Å². The zero-order valence-electron chi connectivity index (χ0n) is 10.2. The van der Waals surface area contributed by atoms with Crippen LogP contribution in [-0.2, 0) is 6.54 Å². The molecule has 0 amide bonds. The smallest absolute Gasteiger partial charge is 0.170 e. The Morgan fingerprint density at radius 3 is 2.78 bits per heavy atom. The fourth-order valence-corrected chi connectivity index (χ4v) is 2.26. The van der Waals surface area contributed by atoms with Crippen molar-refractivity contribution in [1.29, 1.82) is 0 Å². The quantitative estimate of drug-likeness (QED) is 0.267. The van der Waals surface area contributed by atoms with E-state index in [2.05, 4.69) is 10.5 Å². The zero-order chi connectivity index (χ0) is 13.0. The van der Waals surface area contributed by atoms with Crippen LogP contribution in [0.15, 0.2) is 29.4 Å². The van der Waals surface area contributed by atoms with Gasteiger partial charge in [-0.05, 0) is 30.9 Å². The van der Waals surface area contributed by atoms with E-state index in [1.165, 1.54) is 0 Å². The number of aliphatic hydroxyl groups is 1. The van der Waals surface area contributed by atoms with Crippen molar-refractivity contribution in [2.45, 2.75) is 25.5 Å². The van der Waals surface area contributed by atoms with Crippen LogP contribution >= 0.6 is 0 Å². The highest BCUT2D eigenvalue weighted by Gasteiger charge is 2.26. The second-order valence-corrected chi connectivity index (χ2v) is 4.76. The molecule has 5 nitrogen and oxygen atoms in total. The molecule has 5 heteroatoms. The maximum atomic E-state index is 9.20. The maximum Gasteiger partial charge on any atom is 0.170 e. The lowest BCUT2D eigenvalue weighted by atomic mass is 9.82. The average molecular weight is 249 g/mol. The Bertz CT molecular complexity index is 428. The van der Waals surface area contributed by atoms with Crippen LogP contribution in [0.5, 0.6) is 0 Å². The summed E-state index contributed by atoms with van der Waals surface area (Å²) >= 11 is 0. The topological polar surface area (TPSA) is 90.9 Å². The number of hydrogen-bond acceptors (Lipinski definition) is 4. The number of nitrogens with zero attached hydrogens (tertiary/aromatic N) is 1. The Morgan fingerprint density at radius 1 is 1.39 bits per heavy atom. The van der Waals surface area contributed by atoms with Gasteiger partial charge in [-0.25, -0.2) is 0 Å². The van der Waals surface area contributed by atoms with Gasteiger partial charge >= 0.3 is 0 Å². The molecule has 1 aromatic carbocycles. The van der Waals surface area contributed by atoms with Crippen molar-refractivity contribution in [2.24, 2.45) is 16.8 Å². The molecule has 1 saturated carbocycles. The summed E-state index contributed by atoms with van der Waals surface area (Å²) in [7, 11) is 0. The van der Waals surface area contributed by atoms with Crippen LogP contribution in [0.4, 0.5) is 0 Å². The predicted octanol–water partition coefficient (Wildman–Crippen LogP) is 0.642. The molecule has 0 heterocycles. The third-order valence-corrected chi connectivity index (χ3v) is 3.36. The summed E-state index contributed by atoms with van der Waals surface area (Å²) in [5, 5.41) is 24.3. The number of benzene rings is 1. The molecule has 0 atom stereocenters. The number of nitrogens with two attached hydrogens (primary N) is 1. The van der Waals surface area contributed by atoms with Crippen molar-refractivity contribution in [3.63, 3.8) is 0 Å². The van der Waals surface area contributed by atoms with Crippen LogP contribution in [0.1, 0.15) is 24.0 Å². The molecule has 0 saturated heterocycles. The highest BCUT2D eigenvalue weighted by molar-refractivity contribution is 5.98. The maximum absolute atomic E-state index is 9.20. The number of amidine groups is 1. The molecule has 0 radical (unpaired) electrons. The SMILES string of the molecule is NC(=NO)c1ccccc1CNCC1CC(O)C1. The van der Waals surface area contributed by atoms with E-state index in [9.17, 15) is 5.11 Å². The summed E-state index contributed by atoms with van der Waals surface area (Å²) in [5.41, 5.74) is 7.38. The lowest BCUT2D eigenvalue weighted by Crippen LogP contribution is -2.36. The molecule has 1 aromatic rings. The highest BCUT2D eigenvalue weighted by atomic mass is 16.4. The molecule has 0 bridgehead atoms. The predicted molar refractivity (Wildman–Crippen MR) is 69.4 cm³/mol. The number of aliphatic hydroxyl groups excluding tert-OH is 1. The van der Waals surface area contributed by atoms with Crippen molar-refractivity contribution in [3.8, 4) is 0 Å². The molecule has 0 aromatic heterocycles. The second-order valence-electron chi connectivity index (χ2n) is 4.76. The molecule has 0 aliphatic heterocycles. The van der Waals surface area contributed by atoms with Gasteiger partial charge in [0.1, 0.15) is 0 Å². The normalized spacial score (nSPS) is 23.7. The molecule has 2 rings (SSSR count). The first-order valence-electron chi connectivity index (χ1n) is 6.15. The van der Waals surface area contributed by atoms with Gasteiger partial charge < -0.3 is 21.4 Å². The minimum Gasteiger partial charge on any atom is -0.409 e. The molecule has 1 aliphatic rings. The van der Waals surface area contributed by atoms with Crippen molar-refractivity contribution in [2.75, 3.05) is 6.54 Å². The van der Waals surface area contributed by atoms with Gasteiger partial charge in [-0.1, -0.05) is 29.4 Å². The van der Waals surface area contributed by atoms with Gasteiger partial charge in [0.25, 0.3) is 0 Å². The van der Waals surface area contributed by atoms with Gasteiger partial charge in [-0.2, -0.15) is 0 Å². The van der Waals surface area contributed by atoms with Crippen LogP contribution in [0.2, 0.25) is 0 Å². The summed E-state index contributed by atoms with van der Waals surface area (Å²) in [5.74, 6) is 0.697. The van der Waals surface area contributed by atoms with E-state index in [4.69, 9.17) is 10.9 Å². The van der Waals surface area contributed by atoms with Gasteiger partial charge in [-0.15, -0.1) is 0 Å².